The summed E-state index contributed by atoms with van der Waals surface area (Å²) in [4.78, 5) is 15.7. The lowest BCUT2D eigenvalue weighted by Gasteiger charge is -2.33. The van der Waals surface area contributed by atoms with Crippen LogP contribution in [-0.4, -0.2) is 66.4 Å². The van der Waals surface area contributed by atoms with Crippen molar-refractivity contribution in [2.75, 3.05) is 39.5 Å². The standard InChI is InChI=1S/C10H18N2O3/c13-8-9-2-1-3-12(9)10(14)11-4-6-15-7-5-11/h9,13H,1-8H2/t9-/m0/s1. The molecule has 1 atom stereocenters. The van der Waals surface area contributed by atoms with Crippen LogP contribution in [0.2, 0.25) is 0 Å². The van der Waals surface area contributed by atoms with E-state index in [1.165, 1.54) is 0 Å². The lowest BCUT2D eigenvalue weighted by molar-refractivity contribution is 0.0396. The maximum absolute atomic E-state index is 12.1. The molecule has 0 aromatic rings. The molecule has 0 bridgehead atoms. The molecule has 2 saturated heterocycles. The predicted molar refractivity (Wildman–Crippen MR) is 54.6 cm³/mol. The third kappa shape index (κ3) is 2.23. The van der Waals surface area contributed by atoms with Gasteiger partial charge in [-0.05, 0) is 12.8 Å². The molecule has 1 N–H and O–H groups in total. The molecule has 5 heteroatoms. The summed E-state index contributed by atoms with van der Waals surface area (Å²) in [5.41, 5.74) is 0. The molecule has 15 heavy (non-hydrogen) atoms. The number of carbonyl (C=O) groups is 1. The molecule has 2 amide bonds. The quantitative estimate of drug-likeness (QED) is 0.663. The van der Waals surface area contributed by atoms with Crippen molar-refractivity contribution >= 4 is 6.03 Å². The summed E-state index contributed by atoms with van der Waals surface area (Å²) in [6.07, 6.45) is 1.92. The van der Waals surface area contributed by atoms with Gasteiger partial charge in [0, 0.05) is 19.6 Å². The molecule has 0 aliphatic carbocycles. The van der Waals surface area contributed by atoms with E-state index in [1.54, 1.807) is 4.90 Å². The first-order valence-electron chi connectivity index (χ1n) is 5.57. The van der Waals surface area contributed by atoms with Gasteiger partial charge in [-0.2, -0.15) is 0 Å². The predicted octanol–water partition coefficient (Wildman–Crippen LogP) is -0.105. The zero-order chi connectivity index (χ0) is 10.7. The molecule has 0 unspecified atom stereocenters. The number of likely N-dealkylation sites (tertiary alicyclic amines) is 1. The molecule has 2 fully saturated rings. The molecule has 0 aromatic heterocycles. The van der Waals surface area contributed by atoms with Gasteiger partial charge in [0.1, 0.15) is 0 Å². The Hall–Kier alpha value is -0.810. The van der Waals surface area contributed by atoms with Crippen LogP contribution < -0.4 is 0 Å². The first-order valence-corrected chi connectivity index (χ1v) is 5.57. The van der Waals surface area contributed by atoms with Crippen molar-refractivity contribution in [3.05, 3.63) is 0 Å². The Morgan fingerprint density at radius 3 is 2.73 bits per heavy atom. The third-order valence-corrected chi connectivity index (χ3v) is 3.12. The van der Waals surface area contributed by atoms with Crippen molar-refractivity contribution in [3.8, 4) is 0 Å². The highest BCUT2D eigenvalue weighted by Crippen LogP contribution is 2.18. The van der Waals surface area contributed by atoms with E-state index >= 15 is 0 Å². The van der Waals surface area contributed by atoms with Crippen molar-refractivity contribution < 1.29 is 14.6 Å². The second-order valence-corrected chi connectivity index (χ2v) is 4.05. The highest BCUT2D eigenvalue weighted by atomic mass is 16.5. The largest absolute Gasteiger partial charge is 0.394 e. The number of rotatable bonds is 1. The van der Waals surface area contributed by atoms with E-state index < -0.39 is 0 Å². The SMILES string of the molecule is O=C(N1CCOCC1)N1CCC[C@H]1CO. The minimum Gasteiger partial charge on any atom is -0.394 e. The minimum absolute atomic E-state index is 0.0281. The molecule has 0 radical (unpaired) electrons. The van der Waals surface area contributed by atoms with Crippen LogP contribution in [0.1, 0.15) is 12.8 Å². The van der Waals surface area contributed by atoms with Crippen molar-refractivity contribution in [2.45, 2.75) is 18.9 Å². The van der Waals surface area contributed by atoms with Gasteiger partial charge in [-0.1, -0.05) is 0 Å². The molecule has 2 rings (SSSR count). The lowest BCUT2D eigenvalue weighted by atomic mass is 10.2. The fraction of sp³-hybridized carbons (Fsp3) is 0.900. The van der Waals surface area contributed by atoms with Crippen LogP contribution in [0.5, 0.6) is 0 Å². The Bertz CT molecular complexity index is 229. The van der Waals surface area contributed by atoms with E-state index in [9.17, 15) is 4.79 Å². The Kier molecular flexibility index (Phi) is 3.43. The number of nitrogens with zero attached hydrogens (tertiary/aromatic N) is 2. The molecule has 0 spiro atoms. The monoisotopic (exact) mass is 214 g/mol. The number of morpholine rings is 1. The number of amides is 2. The molecule has 0 aromatic carbocycles. The summed E-state index contributed by atoms with van der Waals surface area (Å²) in [6, 6.07) is 0.0928. The summed E-state index contributed by atoms with van der Waals surface area (Å²) >= 11 is 0. The normalized spacial score (nSPS) is 27.1. The number of aliphatic hydroxyl groups excluding tert-OH is 1. The topological polar surface area (TPSA) is 53.0 Å². The number of ether oxygens (including phenoxy) is 1. The number of hydrogen-bond acceptors (Lipinski definition) is 3. The zero-order valence-corrected chi connectivity index (χ0v) is 8.89. The van der Waals surface area contributed by atoms with E-state index in [0.29, 0.717) is 26.3 Å². The van der Waals surface area contributed by atoms with Gasteiger partial charge in [-0.3, -0.25) is 0 Å². The molecule has 2 aliphatic rings. The Morgan fingerprint density at radius 2 is 2.07 bits per heavy atom. The second-order valence-electron chi connectivity index (χ2n) is 4.05. The van der Waals surface area contributed by atoms with Crippen LogP contribution >= 0.6 is 0 Å². The fourth-order valence-electron chi connectivity index (χ4n) is 2.21. The zero-order valence-electron chi connectivity index (χ0n) is 8.89. The summed E-state index contributed by atoms with van der Waals surface area (Å²) in [5.74, 6) is 0. The molecule has 2 heterocycles. The lowest BCUT2D eigenvalue weighted by Crippen LogP contribution is -2.50. The van der Waals surface area contributed by atoms with E-state index in [2.05, 4.69) is 0 Å². The van der Waals surface area contributed by atoms with E-state index in [1.807, 2.05) is 4.90 Å². The van der Waals surface area contributed by atoms with Gasteiger partial charge in [0.2, 0.25) is 0 Å². The minimum atomic E-state index is 0.0281. The van der Waals surface area contributed by atoms with Gasteiger partial charge in [0.05, 0.1) is 25.9 Å². The fourth-order valence-corrected chi connectivity index (χ4v) is 2.21. The van der Waals surface area contributed by atoms with Gasteiger partial charge in [0.25, 0.3) is 0 Å². The maximum Gasteiger partial charge on any atom is 0.320 e. The Morgan fingerprint density at radius 1 is 1.33 bits per heavy atom. The van der Waals surface area contributed by atoms with Crippen LogP contribution in [-0.2, 0) is 4.74 Å². The van der Waals surface area contributed by atoms with Gasteiger partial charge < -0.3 is 19.6 Å². The molecule has 0 saturated carbocycles. The third-order valence-electron chi connectivity index (χ3n) is 3.12. The number of aliphatic hydroxyl groups is 1. The summed E-state index contributed by atoms with van der Waals surface area (Å²) in [5, 5.41) is 9.15. The molecular weight excluding hydrogens is 196 g/mol. The van der Waals surface area contributed by atoms with Crippen molar-refractivity contribution in [3.63, 3.8) is 0 Å². The summed E-state index contributed by atoms with van der Waals surface area (Å²) in [6.45, 7) is 3.46. The molecular formula is C10H18N2O3. The average Bonchev–Trinajstić information content (AvgIpc) is 2.77. The van der Waals surface area contributed by atoms with E-state index in [-0.39, 0.29) is 18.7 Å². The number of hydrogen-bond donors (Lipinski definition) is 1. The average molecular weight is 214 g/mol. The van der Waals surface area contributed by atoms with Gasteiger partial charge >= 0.3 is 6.03 Å². The first kappa shape index (κ1) is 10.7. The van der Waals surface area contributed by atoms with Crippen LogP contribution in [0.15, 0.2) is 0 Å². The maximum atomic E-state index is 12.1. The van der Waals surface area contributed by atoms with Crippen molar-refractivity contribution in [1.82, 2.24) is 9.80 Å². The van der Waals surface area contributed by atoms with Gasteiger partial charge in [-0.15, -0.1) is 0 Å². The molecule has 86 valence electrons. The second kappa shape index (κ2) is 4.81. The smallest absolute Gasteiger partial charge is 0.320 e. The first-order chi connectivity index (χ1) is 7.33. The number of carbonyl (C=O) groups excluding carboxylic acids is 1. The van der Waals surface area contributed by atoms with Crippen LogP contribution in [0.25, 0.3) is 0 Å². The van der Waals surface area contributed by atoms with E-state index in [4.69, 9.17) is 9.84 Å². The van der Waals surface area contributed by atoms with Crippen LogP contribution in [0.4, 0.5) is 4.79 Å². The van der Waals surface area contributed by atoms with Crippen LogP contribution in [0, 0.1) is 0 Å². The van der Waals surface area contributed by atoms with Crippen molar-refractivity contribution in [2.24, 2.45) is 0 Å². The molecule has 5 nitrogen and oxygen atoms in total. The van der Waals surface area contributed by atoms with Crippen molar-refractivity contribution in [1.29, 1.82) is 0 Å². The van der Waals surface area contributed by atoms with Gasteiger partial charge in [0.15, 0.2) is 0 Å². The Balaban J connectivity index is 1.93. The summed E-state index contributed by atoms with van der Waals surface area (Å²) < 4.78 is 5.20. The Labute approximate surface area is 89.6 Å². The highest BCUT2D eigenvalue weighted by molar-refractivity contribution is 5.75. The van der Waals surface area contributed by atoms with E-state index in [0.717, 1.165) is 19.4 Å². The van der Waals surface area contributed by atoms with Crippen LogP contribution in [0.3, 0.4) is 0 Å². The summed E-state index contributed by atoms with van der Waals surface area (Å²) in [7, 11) is 0. The number of urea groups is 1. The molecule has 2 aliphatic heterocycles. The van der Waals surface area contributed by atoms with Gasteiger partial charge in [-0.25, -0.2) is 4.79 Å². The highest BCUT2D eigenvalue weighted by Gasteiger charge is 2.31.